The third kappa shape index (κ3) is 8.27. The monoisotopic (exact) mass is 631 g/mol. The van der Waals surface area contributed by atoms with E-state index in [9.17, 15) is 18.0 Å². The molecule has 9 heteroatoms. The Morgan fingerprint density at radius 2 is 1.43 bits per heavy atom. The van der Waals surface area contributed by atoms with Crippen molar-refractivity contribution in [3.05, 3.63) is 131 Å². The summed E-state index contributed by atoms with van der Waals surface area (Å²) in [6.07, 6.45) is 0.975. The molecule has 0 aliphatic rings. The summed E-state index contributed by atoms with van der Waals surface area (Å²) in [6.45, 7) is 5.44. The first-order chi connectivity index (χ1) is 21.1. The molecule has 230 valence electrons. The van der Waals surface area contributed by atoms with Crippen LogP contribution >= 0.6 is 11.6 Å². The van der Waals surface area contributed by atoms with E-state index in [2.05, 4.69) is 5.32 Å². The zero-order valence-corrected chi connectivity index (χ0v) is 26.8. The van der Waals surface area contributed by atoms with Crippen LogP contribution in [0, 0.1) is 6.92 Å². The predicted octanol–water partition coefficient (Wildman–Crippen LogP) is 6.40. The van der Waals surface area contributed by atoms with Gasteiger partial charge in [-0.3, -0.25) is 13.9 Å². The van der Waals surface area contributed by atoms with Crippen LogP contribution < -0.4 is 9.62 Å². The minimum Gasteiger partial charge on any atom is -0.352 e. The number of hydrogen-bond donors (Lipinski definition) is 1. The fraction of sp³-hybridized carbons (Fsp3) is 0.257. The quantitative estimate of drug-likeness (QED) is 0.185. The van der Waals surface area contributed by atoms with Crippen molar-refractivity contribution in [2.75, 3.05) is 10.8 Å². The average Bonchev–Trinajstić information content (AvgIpc) is 3.03. The lowest BCUT2D eigenvalue weighted by Gasteiger charge is -2.34. The number of rotatable bonds is 13. The molecule has 0 fully saturated rings. The number of amides is 2. The summed E-state index contributed by atoms with van der Waals surface area (Å²) in [5.41, 5.74) is 2.98. The van der Waals surface area contributed by atoms with Gasteiger partial charge in [-0.2, -0.15) is 0 Å². The van der Waals surface area contributed by atoms with E-state index < -0.39 is 28.5 Å². The van der Waals surface area contributed by atoms with Crippen molar-refractivity contribution in [2.45, 2.75) is 57.1 Å². The van der Waals surface area contributed by atoms with E-state index in [0.717, 1.165) is 27.4 Å². The Morgan fingerprint density at radius 1 is 0.841 bits per heavy atom. The molecule has 0 saturated heterocycles. The zero-order valence-electron chi connectivity index (χ0n) is 25.2. The SMILES string of the molecule is CCC(C)NC(=O)C(Cc1ccccc1)N(Cc1ccccc1C)C(=O)CN(c1ccc(Cl)cc1)S(=O)(=O)c1ccccc1. The average molecular weight is 632 g/mol. The molecule has 0 spiro atoms. The van der Waals surface area contributed by atoms with Crippen LogP contribution in [0.4, 0.5) is 5.69 Å². The fourth-order valence-electron chi connectivity index (χ4n) is 4.82. The second-order valence-electron chi connectivity index (χ2n) is 10.8. The third-order valence-electron chi connectivity index (χ3n) is 7.60. The number of nitrogens with one attached hydrogen (secondary N) is 1. The summed E-state index contributed by atoms with van der Waals surface area (Å²) in [6, 6.07) is 30.4. The van der Waals surface area contributed by atoms with Gasteiger partial charge in [0.25, 0.3) is 10.0 Å². The number of benzene rings is 4. The number of halogens is 1. The van der Waals surface area contributed by atoms with Crippen molar-refractivity contribution in [3.8, 4) is 0 Å². The van der Waals surface area contributed by atoms with Crippen LogP contribution in [0.1, 0.15) is 37.0 Å². The summed E-state index contributed by atoms with van der Waals surface area (Å²) in [5.74, 6) is -0.808. The number of hydrogen-bond acceptors (Lipinski definition) is 4. The number of anilines is 1. The number of sulfonamides is 1. The Labute approximate surface area is 265 Å². The molecule has 44 heavy (non-hydrogen) atoms. The highest BCUT2D eigenvalue weighted by Gasteiger charge is 2.35. The van der Waals surface area contributed by atoms with E-state index in [0.29, 0.717) is 5.02 Å². The molecule has 0 bridgehead atoms. The molecule has 7 nitrogen and oxygen atoms in total. The van der Waals surface area contributed by atoms with E-state index >= 15 is 0 Å². The third-order valence-corrected chi connectivity index (χ3v) is 9.64. The Balaban J connectivity index is 1.80. The minimum atomic E-state index is -4.16. The van der Waals surface area contributed by atoms with Crippen molar-refractivity contribution in [2.24, 2.45) is 0 Å². The lowest BCUT2D eigenvalue weighted by molar-refractivity contribution is -0.140. The summed E-state index contributed by atoms with van der Waals surface area (Å²) in [4.78, 5) is 29.9. The van der Waals surface area contributed by atoms with Gasteiger partial charge in [-0.25, -0.2) is 8.42 Å². The molecule has 4 aromatic rings. The van der Waals surface area contributed by atoms with Crippen LogP contribution in [0.3, 0.4) is 0 Å². The summed E-state index contributed by atoms with van der Waals surface area (Å²) >= 11 is 6.13. The molecular formula is C35H38ClN3O4S. The van der Waals surface area contributed by atoms with Crippen LogP contribution in [0.15, 0.2) is 114 Å². The number of aryl methyl sites for hydroxylation is 1. The largest absolute Gasteiger partial charge is 0.352 e. The molecule has 0 heterocycles. The molecule has 4 aromatic carbocycles. The Kier molecular flexibility index (Phi) is 11.2. The molecule has 2 atom stereocenters. The van der Waals surface area contributed by atoms with Crippen LogP contribution in [-0.4, -0.2) is 43.8 Å². The van der Waals surface area contributed by atoms with Gasteiger partial charge in [-0.1, -0.05) is 91.3 Å². The minimum absolute atomic E-state index is 0.0450. The Bertz CT molecular complexity index is 1650. The molecule has 0 saturated carbocycles. The normalized spacial score (nSPS) is 12.6. The van der Waals surface area contributed by atoms with Crippen molar-refractivity contribution in [1.82, 2.24) is 10.2 Å². The van der Waals surface area contributed by atoms with E-state index in [1.807, 2.05) is 75.4 Å². The second-order valence-corrected chi connectivity index (χ2v) is 13.1. The molecule has 2 unspecified atom stereocenters. The first-order valence-corrected chi connectivity index (χ1v) is 16.4. The maximum atomic E-state index is 14.5. The van der Waals surface area contributed by atoms with E-state index in [-0.39, 0.29) is 35.5 Å². The number of carbonyl (C=O) groups is 2. The molecule has 1 N–H and O–H groups in total. The van der Waals surface area contributed by atoms with Gasteiger partial charge in [-0.15, -0.1) is 0 Å². The standard InChI is InChI=1S/C35H38ClN3O4S/c1-4-27(3)37-35(41)33(23-28-14-7-5-8-15-28)38(24-29-16-12-11-13-26(29)2)34(40)25-39(31-21-19-30(36)20-22-31)44(42,43)32-17-9-6-10-18-32/h5-22,27,33H,4,23-25H2,1-3H3,(H,37,41). The van der Waals surface area contributed by atoms with Crippen molar-refractivity contribution < 1.29 is 18.0 Å². The number of nitrogens with zero attached hydrogens (tertiary/aromatic N) is 2. The van der Waals surface area contributed by atoms with Crippen molar-refractivity contribution in [1.29, 1.82) is 0 Å². The van der Waals surface area contributed by atoms with Gasteiger partial charge in [0, 0.05) is 24.0 Å². The highest BCUT2D eigenvalue weighted by atomic mass is 35.5. The Hall–Kier alpha value is -4.14. The maximum absolute atomic E-state index is 14.5. The van der Waals surface area contributed by atoms with Crippen LogP contribution in [0.5, 0.6) is 0 Å². The van der Waals surface area contributed by atoms with E-state index in [1.54, 1.807) is 42.5 Å². The predicted molar refractivity (Wildman–Crippen MR) is 176 cm³/mol. The maximum Gasteiger partial charge on any atom is 0.264 e. The van der Waals surface area contributed by atoms with Crippen LogP contribution in [0.2, 0.25) is 5.02 Å². The first kappa shape index (κ1) is 32.8. The molecular weight excluding hydrogens is 594 g/mol. The number of carbonyl (C=O) groups excluding carboxylic acids is 2. The Morgan fingerprint density at radius 3 is 2.05 bits per heavy atom. The van der Waals surface area contributed by atoms with E-state index in [1.165, 1.54) is 17.0 Å². The molecule has 0 radical (unpaired) electrons. The summed E-state index contributed by atoms with van der Waals surface area (Å²) in [7, 11) is -4.16. The van der Waals surface area contributed by atoms with Crippen molar-refractivity contribution >= 4 is 39.1 Å². The second kappa shape index (κ2) is 15.0. The van der Waals surface area contributed by atoms with Gasteiger partial charge in [0.2, 0.25) is 11.8 Å². The first-order valence-electron chi connectivity index (χ1n) is 14.6. The summed E-state index contributed by atoms with van der Waals surface area (Å²) in [5, 5.41) is 3.49. The van der Waals surface area contributed by atoms with Gasteiger partial charge in [0.1, 0.15) is 12.6 Å². The molecule has 2 amide bonds. The van der Waals surface area contributed by atoms with Gasteiger partial charge < -0.3 is 10.2 Å². The summed E-state index contributed by atoms with van der Waals surface area (Å²) < 4.78 is 29.1. The van der Waals surface area contributed by atoms with Gasteiger partial charge >= 0.3 is 0 Å². The van der Waals surface area contributed by atoms with E-state index in [4.69, 9.17) is 11.6 Å². The van der Waals surface area contributed by atoms with Crippen LogP contribution in [0.25, 0.3) is 0 Å². The topological polar surface area (TPSA) is 86.8 Å². The highest BCUT2D eigenvalue weighted by Crippen LogP contribution is 2.26. The molecule has 4 rings (SSSR count). The van der Waals surface area contributed by atoms with Crippen LogP contribution in [-0.2, 0) is 32.6 Å². The lowest BCUT2D eigenvalue weighted by atomic mass is 10.0. The zero-order chi connectivity index (χ0) is 31.7. The van der Waals surface area contributed by atoms with Gasteiger partial charge in [-0.05, 0) is 73.4 Å². The highest BCUT2D eigenvalue weighted by molar-refractivity contribution is 7.92. The lowest BCUT2D eigenvalue weighted by Crippen LogP contribution is -2.54. The molecule has 0 aromatic heterocycles. The molecule has 0 aliphatic carbocycles. The smallest absolute Gasteiger partial charge is 0.264 e. The van der Waals surface area contributed by atoms with Gasteiger partial charge in [0.05, 0.1) is 10.6 Å². The van der Waals surface area contributed by atoms with Crippen molar-refractivity contribution in [3.63, 3.8) is 0 Å². The fourth-order valence-corrected chi connectivity index (χ4v) is 6.38. The van der Waals surface area contributed by atoms with Gasteiger partial charge in [0.15, 0.2) is 0 Å². The molecule has 0 aliphatic heterocycles.